The average molecular weight is 285 g/mol. The molecule has 0 aliphatic rings. The van der Waals surface area contributed by atoms with Crippen LogP contribution in [0.15, 0.2) is 42.0 Å². The molecule has 0 aliphatic carbocycles. The number of aromatic nitrogens is 2. The monoisotopic (exact) mass is 285 g/mol. The van der Waals surface area contributed by atoms with Crippen LogP contribution in [0, 0.1) is 0 Å². The normalized spacial score (nSPS) is 11.2. The first-order chi connectivity index (χ1) is 9.88. The molecule has 2 aromatic heterocycles. The molecule has 0 spiro atoms. The summed E-state index contributed by atoms with van der Waals surface area (Å²) in [6, 6.07) is 10.9. The van der Waals surface area contributed by atoms with Gasteiger partial charge >= 0.3 is 0 Å². The predicted molar refractivity (Wildman–Crippen MR) is 85.2 cm³/mol. The Hall–Kier alpha value is -1.65. The number of nitrogens with zero attached hydrogens (tertiary/aromatic N) is 2. The van der Waals surface area contributed by atoms with E-state index in [9.17, 15) is 0 Å². The van der Waals surface area contributed by atoms with Crippen molar-refractivity contribution in [3.8, 4) is 0 Å². The number of rotatable bonds is 6. The van der Waals surface area contributed by atoms with Gasteiger partial charge in [-0.1, -0.05) is 25.1 Å². The van der Waals surface area contributed by atoms with Crippen molar-refractivity contribution in [1.29, 1.82) is 0 Å². The standard InChI is InChI=1S/C16H19N3S/c1-2-7-17-9-14-8-13-5-3-4-6-16(13)19(14)11-15-10-18-12-20-15/h3-6,8,10,12,17H,2,7,9,11H2,1H3. The van der Waals surface area contributed by atoms with E-state index in [1.807, 2.05) is 11.7 Å². The van der Waals surface area contributed by atoms with Crippen LogP contribution >= 0.6 is 11.3 Å². The van der Waals surface area contributed by atoms with E-state index in [-0.39, 0.29) is 0 Å². The lowest BCUT2D eigenvalue weighted by atomic mass is 10.2. The number of hydrogen-bond acceptors (Lipinski definition) is 3. The summed E-state index contributed by atoms with van der Waals surface area (Å²) in [6.07, 6.45) is 3.12. The van der Waals surface area contributed by atoms with Crippen molar-refractivity contribution in [1.82, 2.24) is 14.9 Å². The van der Waals surface area contributed by atoms with Crippen molar-refractivity contribution in [2.45, 2.75) is 26.4 Å². The first kappa shape index (κ1) is 13.3. The number of benzene rings is 1. The van der Waals surface area contributed by atoms with E-state index in [0.717, 1.165) is 26.1 Å². The Bertz CT molecular complexity index is 670. The zero-order chi connectivity index (χ0) is 13.8. The summed E-state index contributed by atoms with van der Waals surface area (Å²) in [7, 11) is 0. The Morgan fingerprint density at radius 3 is 3.00 bits per heavy atom. The fraction of sp³-hybridized carbons (Fsp3) is 0.312. The minimum Gasteiger partial charge on any atom is -0.338 e. The van der Waals surface area contributed by atoms with Gasteiger partial charge in [0, 0.05) is 28.8 Å². The lowest BCUT2D eigenvalue weighted by Gasteiger charge is -2.10. The molecule has 3 aromatic rings. The SMILES string of the molecule is CCCNCc1cc2ccccc2n1Cc1cncs1. The summed E-state index contributed by atoms with van der Waals surface area (Å²) in [6.45, 7) is 5.07. The van der Waals surface area contributed by atoms with Gasteiger partial charge in [0.2, 0.25) is 0 Å². The first-order valence-electron chi connectivity index (χ1n) is 7.03. The highest BCUT2D eigenvalue weighted by Crippen LogP contribution is 2.22. The zero-order valence-electron chi connectivity index (χ0n) is 11.7. The van der Waals surface area contributed by atoms with Crippen molar-refractivity contribution < 1.29 is 0 Å². The van der Waals surface area contributed by atoms with Crippen LogP contribution < -0.4 is 5.32 Å². The van der Waals surface area contributed by atoms with E-state index in [0.29, 0.717) is 0 Å². The molecule has 3 rings (SSSR count). The van der Waals surface area contributed by atoms with Crippen LogP contribution in [0.2, 0.25) is 0 Å². The van der Waals surface area contributed by atoms with E-state index in [2.05, 4.69) is 52.1 Å². The van der Waals surface area contributed by atoms with Gasteiger partial charge in [0.05, 0.1) is 12.1 Å². The number of hydrogen-bond donors (Lipinski definition) is 1. The van der Waals surface area contributed by atoms with Gasteiger partial charge in [0.25, 0.3) is 0 Å². The maximum absolute atomic E-state index is 4.18. The van der Waals surface area contributed by atoms with Gasteiger partial charge < -0.3 is 9.88 Å². The molecule has 104 valence electrons. The minimum absolute atomic E-state index is 0.904. The molecule has 0 fully saturated rings. The van der Waals surface area contributed by atoms with Crippen molar-refractivity contribution in [3.63, 3.8) is 0 Å². The van der Waals surface area contributed by atoms with Crippen LogP contribution in [0.4, 0.5) is 0 Å². The van der Waals surface area contributed by atoms with Crippen LogP contribution in [-0.4, -0.2) is 16.1 Å². The second kappa shape index (κ2) is 6.20. The maximum atomic E-state index is 4.18. The summed E-state index contributed by atoms with van der Waals surface area (Å²) in [4.78, 5) is 5.47. The van der Waals surface area contributed by atoms with Crippen LogP contribution in [0.1, 0.15) is 23.9 Å². The fourth-order valence-corrected chi connectivity index (χ4v) is 3.05. The summed E-state index contributed by atoms with van der Waals surface area (Å²) >= 11 is 1.71. The third kappa shape index (κ3) is 2.76. The summed E-state index contributed by atoms with van der Waals surface area (Å²) < 4.78 is 2.39. The largest absolute Gasteiger partial charge is 0.338 e. The molecule has 2 heterocycles. The second-order valence-corrected chi connectivity index (χ2v) is 5.90. The third-order valence-electron chi connectivity index (χ3n) is 3.43. The number of fused-ring (bicyclic) bond motifs is 1. The van der Waals surface area contributed by atoms with Crippen molar-refractivity contribution in [2.24, 2.45) is 0 Å². The smallest absolute Gasteiger partial charge is 0.0794 e. The molecule has 0 bridgehead atoms. The van der Waals surface area contributed by atoms with E-state index in [4.69, 9.17) is 0 Å². The van der Waals surface area contributed by atoms with E-state index >= 15 is 0 Å². The second-order valence-electron chi connectivity index (χ2n) is 4.93. The molecule has 0 radical (unpaired) electrons. The van der Waals surface area contributed by atoms with E-state index in [1.54, 1.807) is 11.3 Å². The molecule has 1 N–H and O–H groups in total. The molecular weight excluding hydrogens is 266 g/mol. The fourth-order valence-electron chi connectivity index (χ4n) is 2.47. The van der Waals surface area contributed by atoms with Crippen molar-refractivity contribution in [3.05, 3.63) is 52.6 Å². The van der Waals surface area contributed by atoms with Gasteiger partial charge in [-0.15, -0.1) is 11.3 Å². The predicted octanol–water partition coefficient (Wildman–Crippen LogP) is 3.65. The van der Waals surface area contributed by atoms with Crippen molar-refractivity contribution in [2.75, 3.05) is 6.54 Å². The Morgan fingerprint density at radius 2 is 2.20 bits per heavy atom. The molecule has 1 aromatic carbocycles. The summed E-state index contributed by atoms with van der Waals surface area (Å²) in [5.41, 5.74) is 4.54. The number of thiazole rings is 1. The molecule has 3 nitrogen and oxygen atoms in total. The molecular formula is C16H19N3S. The average Bonchev–Trinajstić information content (AvgIpc) is 3.09. The van der Waals surface area contributed by atoms with Gasteiger partial charge in [-0.2, -0.15) is 0 Å². The van der Waals surface area contributed by atoms with Gasteiger partial charge in [-0.25, -0.2) is 0 Å². The topological polar surface area (TPSA) is 29.9 Å². The number of nitrogens with one attached hydrogen (secondary N) is 1. The molecule has 20 heavy (non-hydrogen) atoms. The van der Waals surface area contributed by atoms with Crippen LogP contribution in [-0.2, 0) is 13.1 Å². The van der Waals surface area contributed by atoms with Crippen LogP contribution in [0.25, 0.3) is 10.9 Å². The quantitative estimate of drug-likeness (QED) is 0.701. The van der Waals surface area contributed by atoms with Gasteiger partial charge in [0.1, 0.15) is 0 Å². The molecule has 0 saturated carbocycles. The molecule has 0 saturated heterocycles. The Labute approximate surface area is 123 Å². The van der Waals surface area contributed by atoms with E-state index < -0.39 is 0 Å². The Balaban J connectivity index is 1.94. The lowest BCUT2D eigenvalue weighted by Crippen LogP contribution is -2.17. The highest BCUT2D eigenvalue weighted by atomic mass is 32.1. The molecule has 0 amide bonds. The summed E-state index contributed by atoms with van der Waals surface area (Å²) in [5, 5.41) is 4.81. The minimum atomic E-state index is 0.904. The highest BCUT2D eigenvalue weighted by molar-refractivity contribution is 7.09. The van der Waals surface area contributed by atoms with Gasteiger partial charge in [0.15, 0.2) is 0 Å². The zero-order valence-corrected chi connectivity index (χ0v) is 12.5. The third-order valence-corrected chi connectivity index (χ3v) is 4.19. The van der Waals surface area contributed by atoms with Crippen molar-refractivity contribution >= 4 is 22.2 Å². The maximum Gasteiger partial charge on any atom is 0.0794 e. The first-order valence-corrected chi connectivity index (χ1v) is 7.91. The number of para-hydroxylation sites is 1. The lowest BCUT2D eigenvalue weighted by molar-refractivity contribution is 0.637. The Kier molecular flexibility index (Phi) is 4.14. The van der Waals surface area contributed by atoms with Gasteiger partial charge in [-0.3, -0.25) is 4.98 Å². The molecule has 0 atom stereocenters. The van der Waals surface area contributed by atoms with E-state index in [1.165, 1.54) is 21.5 Å². The molecule has 4 heteroatoms. The summed E-state index contributed by atoms with van der Waals surface area (Å²) in [5.74, 6) is 0. The molecule has 0 unspecified atom stereocenters. The highest BCUT2D eigenvalue weighted by Gasteiger charge is 2.09. The van der Waals surface area contributed by atoms with Gasteiger partial charge in [-0.05, 0) is 30.5 Å². The van der Waals surface area contributed by atoms with Crippen LogP contribution in [0.5, 0.6) is 0 Å². The Morgan fingerprint density at radius 1 is 1.30 bits per heavy atom. The van der Waals surface area contributed by atoms with Crippen LogP contribution in [0.3, 0.4) is 0 Å². The molecule has 0 aliphatic heterocycles.